The van der Waals surface area contributed by atoms with Crippen LogP contribution in [0.15, 0.2) is 60.7 Å². The topological polar surface area (TPSA) is 92.3 Å². The number of benzene rings is 2. The number of carbonyl (C=O) groups is 2. The Balaban J connectivity index is 1.97. The SMILES string of the molecule is CC(=O)O[C@@H]1C(C[Se]c2ccccc2)O[C@@H](O[Si](C)(C)C(C)(C)C)C(NC(=O)C(F)(F)F)C1OCOCc1ccccc1. The maximum absolute atomic E-state index is 13.5. The Labute approximate surface area is 258 Å². The molecular formula is C30H40F3NO7SeSi. The van der Waals surface area contributed by atoms with Gasteiger partial charge in [-0.05, 0) is 0 Å². The van der Waals surface area contributed by atoms with E-state index in [0.29, 0.717) is 5.32 Å². The van der Waals surface area contributed by atoms with Gasteiger partial charge in [-0.15, -0.1) is 0 Å². The van der Waals surface area contributed by atoms with Crippen LogP contribution in [-0.2, 0) is 39.6 Å². The van der Waals surface area contributed by atoms with E-state index in [0.717, 1.165) is 10.0 Å². The van der Waals surface area contributed by atoms with Crippen LogP contribution in [0.1, 0.15) is 33.3 Å². The molecule has 2 aromatic carbocycles. The summed E-state index contributed by atoms with van der Waals surface area (Å²) in [7, 11) is -2.66. The molecular weight excluding hydrogens is 650 g/mol. The van der Waals surface area contributed by atoms with Crippen molar-refractivity contribution in [1.29, 1.82) is 0 Å². The van der Waals surface area contributed by atoms with Crippen molar-refractivity contribution in [2.45, 2.75) is 94.6 Å². The Kier molecular flexibility index (Phi) is 12.4. The molecule has 1 fully saturated rings. The molecule has 3 unspecified atom stereocenters. The fraction of sp³-hybridized carbons (Fsp3) is 0.533. The van der Waals surface area contributed by atoms with Crippen LogP contribution in [0.25, 0.3) is 0 Å². The number of carbonyl (C=O) groups excluding carboxylic acids is 2. The van der Waals surface area contributed by atoms with Crippen LogP contribution in [0.4, 0.5) is 13.2 Å². The molecule has 1 aliphatic heterocycles. The van der Waals surface area contributed by atoms with Crippen LogP contribution in [-0.4, -0.2) is 78.8 Å². The van der Waals surface area contributed by atoms with Crippen molar-refractivity contribution in [3.05, 3.63) is 66.2 Å². The molecule has 1 saturated heterocycles. The third-order valence-electron chi connectivity index (χ3n) is 7.33. The summed E-state index contributed by atoms with van der Waals surface area (Å²) in [6, 6.07) is 17.4. The predicted molar refractivity (Wildman–Crippen MR) is 158 cm³/mol. The van der Waals surface area contributed by atoms with Crippen molar-refractivity contribution in [1.82, 2.24) is 5.32 Å². The van der Waals surface area contributed by atoms with Gasteiger partial charge in [0.2, 0.25) is 0 Å². The first-order valence-electron chi connectivity index (χ1n) is 13.9. The van der Waals surface area contributed by atoms with E-state index in [2.05, 4.69) is 0 Å². The van der Waals surface area contributed by atoms with Gasteiger partial charge in [0.05, 0.1) is 0 Å². The predicted octanol–water partition coefficient (Wildman–Crippen LogP) is 4.72. The second-order valence-corrected chi connectivity index (χ2v) is 18.7. The fourth-order valence-corrected chi connectivity index (χ4v) is 7.26. The van der Waals surface area contributed by atoms with Gasteiger partial charge >= 0.3 is 259 Å². The number of amides is 1. The number of hydrogen-bond donors (Lipinski definition) is 1. The van der Waals surface area contributed by atoms with Crippen LogP contribution in [0.5, 0.6) is 0 Å². The Morgan fingerprint density at radius 2 is 1.58 bits per heavy atom. The molecule has 0 saturated carbocycles. The van der Waals surface area contributed by atoms with Gasteiger partial charge in [0.1, 0.15) is 0 Å². The first kappa shape index (κ1) is 35.2. The molecule has 0 radical (unpaired) electrons. The molecule has 5 atom stereocenters. The molecule has 1 aliphatic rings. The number of hydrogen-bond acceptors (Lipinski definition) is 7. The summed E-state index contributed by atoms with van der Waals surface area (Å²) in [5, 5.41) is 2.10. The zero-order chi connectivity index (χ0) is 31.8. The van der Waals surface area contributed by atoms with E-state index in [1.54, 1.807) is 0 Å². The van der Waals surface area contributed by atoms with Crippen molar-refractivity contribution >= 4 is 39.6 Å². The van der Waals surface area contributed by atoms with E-state index in [1.807, 2.05) is 99.8 Å². The van der Waals surface area contributed by atoms with Gasteiger partial charge < -0.3 is 0 Å². The van der Waals surface area contributed by atoms with E-state index in [-0.39, 0.29) is 33.4 Å². The average Bonchev–Trinajstić information content (AvgIpc) is 2.92. The Bertz CT molecular complexity index is 1180. The second-order valence-electron chi connectivity index (χ2n) is 11.7. The van der Waals surface area contributed by atoms with Gasteiger partial charge in [-0.25, -0.2) is 0 Å². The van der Waals surface area contributed by atoms with Gasteiger partial charge in [-0.2, -0.15) is 0 Å². The minimum absolute atomic E-state index is 0.151. The molecule has 13 heteroatoms. The van der Waals surface area contributed by atoms with E-state index >= 15 is 0 Å². The van der Waals surface area contributed by atoms with E-state index in [9.17, 15) is 22.8 Å². The summed E-state index contributed by atoms with van der Waals surface area (Å²) in [6.45, 7) is 10.8. The Hall–Kier alpha value is -2.25. The molecule has 3 rings (SSSR count). The van der Waals surface area contributed by atoms with Gasteiger partial charge in [0.25, 0.3) is 0 Å². The van der Waals surface area contributed by atoms with Gasteiger partial charge in [-0.3, -0.25) is 0 Å². The molecule has 1 heterocycles. The van der Waals surface area contributed by atoms with Crippen molar-refractivity contribution < 1.29 is 46.1 Å². The number of halogens is 3. The molecule has 8 nitrogen and oxygen atoms in total. The van der Waals surface area contributed by atoms with Crippen LogP contribution >= 0.6 is 0 Å². The van der Waals surface area contributed by atoms with Crippen LogP contribution in [0.2, 0.25) is 23.5 Å². The maximum atomic E-state index is 13.5. The molecule has 0 bridgehead atoms. The van der Waals surface area contributed by atoms with Crippen LogP contribution in [0.3, 0.4) is 0 Å². The van der Waals surface area contributed by atoms with E-state index < -0.39 is 57.0 Å². The standard InChI is InChI=1S/C30H40F3NO7SeSi/c1-20(35)39-25-23(18-42-22-15-11-8-12-16-22)40-27(41-43(5,6)29(2,3)4)24(34-28(36)30(31,32)33)26(25)38-19-37-17-21-13-9-7-10-14-21/h7-16,23-27H,17-19H2,1-6H3,(H,34,36)/t23?,24?,25-,26?,27+/m1/s1. The summed E-state index contributed by atoms with van der Waals surface area (Å²) in [5.41, 5.74) is 0.860. The number of alkyl halides is 3. The third kappa shape index (κ3) is 10.4. The first-order chi connectivity index (χ1) is 20.1. The van der Waals surface area contributed by atoms with Crippen LogP contribution in [0, 0.1) is 0 Å². The number of nitrogens with one attached hydrogen (secondary N) is 1. The van der Waals surface area contributed by atoms with Gasteiger partial charge in [-0.1, -0.05) is 0 Å². The Morgan fingerprint density at radius 1 is 0.977 bits per heavy atom. The second kappa shape index (κ2) is 15.2. The fourth-order valence-electron chi connectivity index (χ4n) is 4.08. The zero-order valence-electron chi connectivity index (χ0n) is 25.2. The zero-order valence-corrected chi connectivity index (χ0v) is 27.9. The van der Waals surface area contributed by atoms with E-state index in [1.165, 1.54) is 6.92 Å². The number of rotatable bonds is 12. The Morgan fingerprint density at radius 3 is 2.14 bits per heavy atom. The normalized spacial score (nSPS) is 23.0. The number of ether oxygens (including phenoxy) is 4. The van der Waals surface area contributed by atoms with E-state index in [4.69, 9.17) is 23.4 Å². The van der Waals surface area contributed by atoms with Crippen LogP contribution < -0.4 is 9.78 Å². The van der Waals surface area contributed by atoms with Gasteiger partial charge in [0.15, 0.2) is 0 Å². The molecule has 238 valence electrons. The monoisotopic (exact) mass is 691 g/mol. The van der Waals surface area contributed by atoms with Crippen molar-refractivity contribution in [3.8, 4) is 0 Å². The molecule has 0 aromatic heterocycles. The summed E-state index contributed by atoms with van der Waals surface area (Å²) >= 11 is -0.151. The molecule has 1 amide bonds. The summed E-state index contributed by atoms with van der Waals surface area (Å²) < 4.78 is 71.9. The van der Waals surface area contributed by atoms with Crippen molar-refractivity contribution in [3.63, 3.8) is 0 Å². The first-order valence-corrected chi connectivity index (χ1v) is 18.9. The summed E-state index contributed by atoms with van der Waals surface area (Å²) in [6.07, 6.45) is -9.71. The van der Waals surface area contributed by atoms with Crippen molar-refractivity contribution in [2.24, 2.45) is 0 Å². The summed E-state index contributed by atoms with van der Waals surface area (Å²) in [4.78, 5) is 24.6. The van der Waals surface area contributed by atoms with Gasteiger partial charge in [0, 0.05) is 0 Å². The molecule has 1 N–H and O–H groups in total. The minimum atomic E-state index is -5.18. The summed E-state index contributed by atoms with van der Waals surface area (Å²) in [5.74, 6) is -2.86. The quantitative estimate of drug-likeness (QED) is 0.149. The van der Waals surface area contributed by atoms with Crippen molar-refractivity contribution in [2.75, 3.05) is 6.79 Å². The molecule has 0 spiro atoms. The molecule has 43 heavy (non-hydrogen) atoms. The third-order valence-corrected chi connectivity index (χ3v) is 14.1. The number of esters is 1. The molecule has 2 aromatic rings. The average molecular weight is 691 g/mol. The molecule has 0 aliphatic carbocycles.